The van der Waals surface area contributed by atoms with Crippen LogP contribution in [0.25, 0.3) is 0 Å². The van der Waals surface area contributed by atoms with Gasteiger partial charge in [-0.2, -0.15) is 0 Å². The minimum Gasteiger partial charge on any atom is -0.396 e. The van der Waals surface area contributed by atoms with Crippen molar-refractivity contribution in [3.63, 3.8) is 0 Å². The first-order valence-electron chi connectivity index (χ1n) is 6.02. The number of unbranched alkanes of at least 4 members (excludes halogenated alkanes) is 2. The topological polar surface area (TPSA) is 57.6 Å². The molecule has 0 amide bonds. The lowest BCUT2D eigenvalue weighted by Gasteiger charge is -2.18. The lowest BCUT2D eigenvalue weighted by molar-refractivity contribution is 0.281. The summed E-state index contributed by atoms with van der Waals surface area (Å²) in [6.07, 6.45) is 1.81. The van der Waals surface area contributed by atoms with Crippen LogP contribution in [0.1, 0.15) is 19.3 Å². The third kappa shape index (κ3) is 4.21. The van der Waals surface area contributed by atoms with Crippen LogP contribution >= 0.6 is 15.9 Å². The van der Waals surface area contributed by atoms with Crippen LogP contribution in [0.4, 0.5) is 8.78 Å². The molecule has 20 heavy (non-hydrogen) atoms. The average Bonchev–Trinajstić information content (AvgIpc) is 2.32. The Bertz CT molecular complexity index is 543. The molecule has 0 aliphatic heterocycles. The molecular weight excluding hydrogens is 356 g/mol. The highest BCUT2D eigenvalue weighted by Crippen LogP contribution is 2.28. The summed E-state index contributed by atoms with van der Waals surface area (Å²) in [6, 6.07) is 1.45. The standard InChI is InChI=1S/C12H16BrF2NO3S/c1-16(5-3-2-4-6-17)20(18,19)12-10(13)7-9(14)8-11(12)15/h7-8,17H,2-6H2,1H3. The van der Waals surface area contributed by atoms with Gasteiger partial charge in [0, 0.05) is 30.7 Å². The maximum Gasteiger partial charge on any atom is 0.246 e. The zero-order chi connectivity index (χ0) is 15.3. The van der Waals surface area contributed by atoms with Gasteiger partial charge < -0.3 is 5.11 Å². The van der Waals surface area contributed by atoms with Crippen molar-refractivity contribution in [2.24, 2.45) is 0 Å². The maximum absolute atomic E-state index is 13.7. The number of rotatable bonds is 7. The summed E-state index contributed by atoms with van der Waals surface area (Å²) in [5, 5.41) is 8.64. The number of hydrogen-bond donors (Lipinski definition) is 1. The molecule has 4 nitrogen and oxygen atoms in total. The van der Waals surface area contributed by atoms with Crippen molar-refractivity contribution in [3.05, 3.63) is 28.2 Å². The SMILES string of the molecule is CN(CCCCCO)S(=O)(=O)c1c(F)cc(F)cc1Br. The van der Waals surface area contributed by atoms with Crippen LogP contribution in [0.2, 0.25) is 0 Å². The summed E-state index contributed by atoms with van der Waals surface area (Å²) in [5.74, 6) is -1.97. The molecule has 0 saturated carbocycles. The molecule has 114 valence electrons. The molecule has 0 bridgehead atoms. The number of halogens is 3. The second-order valence-corrected chi connectivity index (χ2v) is 7.15. The monoisotopic (exact) mass is 371 g/mol. The molecule has 0 spiro atoms. The van der Waals surface area contributed by atoms with Crippen molar-refractivity contribution < 1.29 is 22.3 Å². The van der Waals surface area contributed by atoms with Crippen LogP contribution < -0.4 is 0 Å². The lowest BCUT2D eigenvalue weighted by atomic mass is 10.2. The lowest BCUT2D eigenvalue weighted by Crippen LogP contribution is -2.29. The molecule has 8 heteroatoms. The Morgan fingerprint density at radius 2 is 1.90 bits per heavy atom. The van der Waals surface area contributed by atoms with Gasteiger partial charge in [0.15, 0.2) is 0 Å². The summed E-state index contributed by atoms with van der Waals surface area (Å²) in [4.78, 5) is -0.566. The fourth-order valence-corrected chi connectivity index (χ4v) is 3.99. The van der Waals surface area contributed by atoms with E-state index in [1.807, 2.05) is 0 Å². The van der Waals surface area contributed by atoms with Gasteiger partial charge >= 0.3 is 0 Å². The first kappa shape index (κ1) is 17.5. The van der Waals surface area contributed by atoms with Crippen molar-refractivity contribution in [1.82, 2.24) is 4.31 Å². The van der Waals surface area contributed by atoms with Gasteiger partial charge in [-0.25, -0.2) is 21.5 Å². The molecule has 0 unspecified atom stereocenters. The van der Waals surface area contributed by atoms with Gasteiger partial charge in [0.1, 0.15) is 16.5 Å². The Morgan fingerprint density at radius 1 is 1.25 bits per heavy atom. The number of benzene rings is 1. The summed E-state index contributed by atoms with van der Waals surface area (Å²) >= 11 is 2.88. The van der Waals surface area contributed by atoms with Gasteiger partial charge in [0.25, 0.3) is 0 Å². The Balaban J connectivity index is 2.93. The number of aliphatic hydroxyl groups excluding tert-OH is 1. The van der Waals surface area contributed by atoms with Crippen LogP contribution in [-0.4, -0.2) is 38.0 Å². The van der Waals surface area contributed by atoms with E-state index in [-0.39, 0.29) is 17.6 Å². The number of nitrogens with zero attached hydrogens (tertiary/aromatic N) is 1. The third-order valence-corrected chi connectivity index (χ3v) is 5.58. The summed E-state index contributed by atoms with van der Waals surface area (Å²) in [7, 11) is -2.69. The molecule has 0 aromatic heterocycles. The molecular formula is C12H16BrF2NO3S. The van der Waals surface area contributed by atoms with Crippen molar-refractivity contribution in [3.8, 4) is 0 Å². The molecule has 0 aliphatic rings. The van der Waals surface area contributed by atoms with E-state index >= 15 is 0 Å². The van der Waals surface area contributed by atoms with Gasteiger partial charge in [-0.1, -0.05) is 0 Å². The minimum atomic E-state index is -4.02. The summed E-state index contributed by atoms with van der Waals surface area (Å²) in [6.45, 7) is 0.250. The maximum atomic E-state index is 13.7. The minimum absolute atomic E-state index is 0.0502. The van der Waals surface area contributed by atoms with E-state index in [1.54, 1.807) is 0 Å². The van der Waals surface area contributed by atoms with Crippen LogP contribution in [0.5, 0.6) is 0 Å². The molecule has 1 aromatic rings. The molecule has 0 heterocycles. The Labute approximate surface area is 125 Å². The largest absolute Gasteiger partial charge is 0.396 e. The Morgan fingerprint density at radius 3 is 2.45 bits per heavy atom. The van der Waals surface area contributed by atoms with Crippen LogP contribution in [-0.2, 0) is 10.0 Å². The van der Waals surface area contributed by atoms with Gasteiger partial charge in [0.05, 0.1) is 0 Å². The molecule has 0 atom stereocenters. The Hall–Kier alpha value is -0.570. The van der Waals surface area contributed by atoms with E-state index < -0.39 is 26.6 Å². The number of sulfonamides is 1. The highest BCUT2D eigenvalue weighted by molar-refractivity contribution is 9.10. The van der Waals surface area contributed by atoms with Gasteiger partial charge in [-0.05, 0) is 41.3 Å². The first-order chi connectivity index (χ1) is 9.30. The van der Waals surface area contributed by atoms with Crippen molar-refractivity contribution in [2.45, 2.75) is 24.2 Å². The van der Waals surface area contributed by atoms with E-state index in [2.05, 4.69) is 15.9 Å². The summed E-state index contributed by atoms with van der Waals surface area (Å²) in [5.41, 5.74) is 0. The van der Waals surface area contributed by atoms with Crippen LogP contribution in [0, 0.1) is 11.6 Å². The first-order valence-corrected chi connectivity index (χ1v) is 8.25. The van der Waals surface area contributed by atoms with Gasteiger partial charge in [-0.15, -0.1) is 0 Å². The Kier molecular flexibility index (Phi) is 6.50. The summed E-state index contributed by atoms with van der Waals surface area (Å²) < 4.78 is 52.0. The fourth-order valence-electron chi connectivity index (χ4n) is 1.67. The second kappa shape index (κ2) is 7.44. The van der Waals surface area contributed by atoms with E-state index in [9.17, 15) is 17.2 Å². The van der Waals surface area contributed by atoms with E-state index in [0.29, 0.717) is 25.3 Å². The zero-order valence-corrected chi connectivity index (χ0v) is 13.3. The smallest absolute Gasteiger partial charge is 0.246 e. The second-order valence-electron chi connectivity index (χ2n) is 4.31. The molecule has 1 N–H and O–H groups in total. The number of aliphatic hydroxyl groups is 1. The molecule has 0 saturated heterocycles. The molecule has 0 radical (unpaired) electrons. The molecule has 1 aromatic carbocycles. The number of hydrogen-bond acceptors (Lipinski definition) is 3. The highest BCUT2D eigenvalue weighted by Gasteiger charge is 2.27. The van der Waals surface area contributed by atoms with Crippen LogP contribution in [0.15, 0.2) is 21.5 Å². The quantitative estimate of drug-likeness (QED) is 0.749. The van der Waals surface area contributed by atoms with Crippen molar-refractivity contribution in [1.29, 1.82) is 0 Å². The third-order valence-electron chi connectivity index (χ3n) is 2.76. The van der Waals surface area contributed by atoms with Crippen molar-refractivity contribution >= 4 is 26.0 Å². The van der Waals surface area contributed by atoms with E-state index in [4.69, 9.17) is 5.11 Å². The molecule has 1 rings (SSSR count). The fraction of sp³-hybridized carbons (Fsp3) is 0.500. The zero-order valence-electron chi connectivity index (χ0n) is 10.9. The van der Waals surface area contributed by atoms with E-state index in [0.717, 1.165) is 10.4 Å². The van der Waals surface area contributed by atoms with Gasteiger partial charge in [-0.3, -0.25) is 0 Å². The molecule has 0 aliphatic carbocycles. The average molecular weight is 372 g/mol. The van der Waals surface area contributed by atoms with Crippen LogP contribution in [0.3, 0.4) is 0 Å². The van der Waals surface area contributed by atoms with E-state index in [1.165, 1.54) is 7.05 Å². The molecule has 0 fully saturated rings. The van der Waals surface area contributed by atoms with Crippen molar-refractivity contribution in [2.75, 3.05) is 20.2 Å². The predicted octanol–water partition coefficient (Wildman–Crippen LogP) is 2.51. The van der Waals surface area contributed by atoms with Gasteiger partial charge in [0.2, 0.25) is 10.0 Å². The predicted molar refractivity (Wildman–Crippen MR) is 74.8 cm³/mol. The highest BCUT2D eigenvalue weighted by atomic mass is 79.9. The normalized spacial score (nSPS) is 12.1.